The van der Waals surface area contributed by atoms with Gasteiger partial charge in [0.05, 0.1) is 12.1 Å². The Hall–Kier alpha value is -2.44. The zero-order valence-corrected chi connectivity index (χ0v) is 12.0. The predicted octanol–water partition coefficient (Wildman–Crippen LogP) is 0.997. The number of pyridine rings is 1. The van der Waals surface area contributed by atoms with Gasteiger partial charge in [-0.3, -0.25) is 9.59 Å². The summed E-state index contributed by atoms with van der Waals surface area (Å²) in [5.74, 6) is -0.991. The van der Waals surface area contributed by atoms with Gasteiger partial charge in [-0.1, -0.05) is 12.8 Å². The van der Waals surface area contributed by atoms with Gasteiger partial charge in [-0.25, -0.2) is 9.50 Å². The Kier molecular flexibility index (Phi) is 3.79. The first-order chi connectivity index (χ1) is 10.6. The number of aliphatic hydroxyl groups excluding tert-OH is 1. The summed E-state index contributed by atoms with van der Waals surface area (Å²) in [4.78, 5) is 27.1. The van der Waals surface area contributed by atoms with E-state index in [1.807, 2.05) is 0 Å². The minimum atomic E-state index is -1.03. The Morgan fingerprint density at radius 3 is 2.68 bits per heavy atom. The topological polar surface area (TPSA) is 105 Å². The van der Waals surface area contributed by atoms with Crippen molar-refractivity contribution in [2.45, 2.75) is 44.4 Å². The van der Waals surface area contributed by atoms with E-state index >= 15 is 0 Å². The second kappa shape index (κ2) is 5.75. The van der Waals surface area contributed by atoms with Gasteiger partial charge in [0.2, 0.25) is 0 Å². The molecule has 0 radical (unpaired) electrons. The zero-order valence-electron chi connectivity index (χ0n) is 12.0. The summed E-state index contributed by atoms with van der Waals surface area (Å²) in [6, 6.07) is 1.50. The van der Waals surface area contributed by atoms with Crippen LogP contribution in [0.2, 0.25) is 0 Å². The standard InChI is InChI=1S/C15H17N3O4/c19-11(5-6-13(21)22)14-12(20)7-10(9-3-1-2-4-9)18-15(14)16-8-17-18/h7-9,19H,1-6H2,(H,21,22). The lowest BCUT2D eigenvalue weighted by atomic mass is 10.0. The van der Waals surface area contributed by atoms with Crippen molar-refractivity contribution in [3.63, 3.8) is 0 Å². The maximum atomic E-state index is 12.4. The largest absolute Gasteiger partial charge is 0.511 e. The van der Waals surface area contributed by atoms with Gasteiger partial charge in [-0.2, -0.15) is 5.10 Å². The van der Waals surface area contributed by atoms with Crippen LogP contribution >= 0.6 is 0 Å². The lowest BCUT2D eigenvalue weighted by molar-refractivity contribution is -0.136. The number of fused-ring (bicyclic) bond motifs is 1. The fourth-order valence-electron chi connectivity index (χ4n) is 3.11. The van der Waals surface area contributed by atoms with Crippen molar-refractivity contribution in [3.05, 3.63) is 33.5 Å². The molecule has 0 bridgehead atoms. The van der Waals surface area contributed by atoms with Crippen LogP contribution in [-0.2, 0) is 4.79 Å². The van der Waals surface area contributed by atoms with Crippen LogP contribution in [0.1, 0.15) is 50.1 Å². The summed E-state index contributed by atoms with van der Waals surface area (Å²) in [7, 11) is 0. The molecule has 0 amide bonds. The van der Waals surface area contributed by atoms with Crippen molar-refractivity contribution in [2.75, 3.05) is 0 Å². The van der Waals surface area contributed by atoms with Crippen molar-refractivity contribution < 1.29 is 15.0 Å². The van der Waals surface area contributed by atoms with Crippen molar-refractivity contribution in [1.29, 1.82) is 0 Å². The normalized spacial score (nSPS) is 17.1. The van der Waals surface area contributed by atoms with Crippen molar-refractivity contribution in [3.8, 4) is 0 Å². The Morgan fingerprint density at radius 2 is 2.00 bits per heavy atom. The number of carboxylic acid groups (broad SMARTS) is 1. The van der Waals surface area contributed by atoms with Crippen molar-refractivity contribution in [1.82, 2.24) is 14.6 Å². The first kappa shape index (κ1) is 14.5. The molecule has 0 aliphatic heterocycles. The zero-order chi connectivity index (χ0) is 15.7. The fourth-order valence-corrected chi connectivity index (χ4v) is 3.11. The highest BCUT2D eigenvalue weighted by Crippen LogP contribution is 2.33. The lowest BCUT2D eigenvalue weighted by Gasteiger charge is -2.11. The molecule has 1 aliphatic rings. The summed E-state index contributed by atoms with van der Waals surface area (Å²) in [5, 5.41) is 23.0. The molecule has 22 heavy (non-hydrogen) atoms. The second-order valence-electron chi connectivity index (χ2n) is 5.63. The summed E-state index contributed by atoms with van der Waals surface area (Å²) in [6.07, 6.45) is 5.30. The molecule has 2 heterocycles. The number of carboxylic acids is 1. The van der Waals surface area contributed by atoms with E-state index < -0.39 is 5.97 Å². The van der Waals surface area contributed by atoms with Crippen LogP contribution in [0.15, 0.2) is 17.2 Å². The first-order valence-electron chi connectivity index (χ1n) is 7.38. The third-order valence-electron chi connectivity index (χ3n) is 4.18. The van der Waals surface area contributed by atoms with E-state index in [9.17, 15) is 14.7 Å². The number of hydrogen-bond acceptors (Lipinski definition) is 5. The number of rotatable bonds is 4. The molecule has 0 unspecified atom stereocenters. The van der Waals surface area contributed by atoms with Gasteiger partial charge < -0.3 is 10.2 Å². The van der Waals surface area contributed by atoms with Gasteiger partial charge in [-0.15, -0.1) is 0 Å². The van der Waals surface area contributed by atoms with Crippen LogP contribution in [0.4, 0.5) is 0 Å². The third kappa shape index (κ3) is 2.54. The summed E-state index contributed by atoms with van der Waals surface area (Å²) >= 11 is 0. The molecule has 1 aliphatic carbocycles. The third-order valence-corrected chi connectivity index (χ3v) is 4.18. The molecule has 2 N–H and O–H groups in total. The van der Waals surface area contributed by atoms with E-state index in [0.717, 1.165) is 31.4 Å². The van der Waals surface area contributed by atoms with E-state index in [1.165, 1.54) is 12.4 Å². The van der Waals surface area contributed by atoms with Crippen LogP contribution in [0.3, 0.4) is 0 Å². The molecule has 7 nitrogen and oxygen atoms in total. The van der Waals surface area contributed by atoms with E-state index in [1.54, 1.807) is 4.52 Å². The number of aliphatic carboxylic acids is 1. The number of carbonyl (C=O) groups is 1. The molecular formula is C15H17N3O4. The van der Waals surface area contributed by atoms with E-state index in [0.29, 0.717) is 5.65 Å². The minimum absolute atomic E-state index is 0.0560. The molecule has 2 aromatic rings. The van der Waals surface area contributed by atoms with E-state index in [2.05, 4.69) is 10.1 Å². The van der Waals surface area contributed by atoms with E-state index in [4.69, 9.17) is 5.11 Å². The van der Waals surface area contributed by atoms with Gasteiger partial charge in [0.1, 0.15) is 17.3 Å². The Morgan fingerprint density at radius 1 is 1.27 bits per heavy atom. The average molecular weight is 303 g/mol. The smallest absolute Gasteiger partial charge is 0.303 e. The summed E-state index contributed by atoms with van der Waals surface area (Å²) < 4.78 is 1.60. The van der Waals surface area contributed by atoms with Gasteiger partial charge in [-0.05, 0) is 12.8 Å². The molecule has 2 aromatic heterocycles. The van der Waals surface area contributed by atoms with Crippen molar-refractivity contribution in [2.24, 2.45) is 0 Å². The number of aliphatic hydroxyl groups is 1. The Bertz CT molecular complexity index is 821. The molecule has 3 rings (SSSR count). The maximum absolute atomic E-state index is 12.4. The highest BCUT2D eigenvalue weighted by Gasteiger charge is 2.22. The summed E-state index contributed by atoms with van der Waals surface area (Å²) in [6.45, 7) is 0. The number of nitrogens with zero attached hydrogens (tertiary/aromatic N) is 3. The van der Waals surface area contributed by atoms with Crippen LogP contribution in [0.5, 0.6) is 0 Å². The van der Waals surface area contributed by atoms with Gasteiger partial charge >= 0.3 is 5.97 Å². The fraction of sp³-hybridized carbons (Fsp3) is 0.467. The molecule has 0 aromatic carbocycles. The molecule has 116 valence electrons. The summed E-state index contributed by atoms with van der Waals surface area (Å²) in [5.41, 5.74) is 0.798. The second-order valence-corrected chi connectivity index (χ2v) is 5.63. The minimum Gasteiger partial charge on any atom is -0.511 e. The van der Waals surface area contributed by atoms with E-state index in [-0.39, 0.29) is 35.2 Å². The molecular weight excluding hydrogens is 286 g/mol. The van der Waals surface area contributed by atoms with Gasteiger partial charge in [0.15, 0.2) is 11.1 Å². The number of hydrogen-bond donors (Lipinski definition) is 2. The average Bonchev–Trinajstić information content (AvgIpc) is 3.14. The quantitative estimate of drug-likeness (QED) is 0.873. The first-order valence-corrected chi connectivity index (χ1v) is 7.38. The number of aromatic nitrogens is 3. The predicted molar refractivity (Wildman–Crippen MR) is 78.6 cm³/mol. The SMILES string of the molecule is O=C(O)CCC(O)=c1c(=O)cc(C2CCCC2)n2ncnc12. The molecule has 7 heteroatoms. The Labute approximate surface area is 125 Å². The van der Waals surface area contributed by atoms with Crippen LogP contribution < -0.4 is 10.6 Å². The molecule has 1 saturated carbocycles. The molecule has 0 atom stereocenters. The monoisotopic (exact) mass is 303 g/mol. The van der Waals surface area contributed by atoms with Gasteiger partial charge in [0.25, 0.3) is 0 Å². The maximum Gasteiger partial charge on any atom is 0.303 e. The van der Waals surface area contributed by atoms with Crippen LogP contribution in [0, 0.1) is 0 Å². The van der Waals surface area contributed by atoms with Crippen LogP contribution in [0.25, 0.3) is 11.4 Å². The molecule has 1 fully saturated rings. The lowest BCUT2D eigenvalue weighted by Crippen LogP contribution is -2.31. The molecule has 0 spiro atoms. The van der Waals surface area contributed by atoms with Crippen LogP contribution in [-0.4, -0.2) is 30.8 Å². The molecule has 0 saturated heterocycles. The van der Waals surface area contributed by atoms with Gasteiger partial charge in [0, 0.05) is 18.4 Å². The highest BCUT2D eigenvalue weighted by atomic mass is 16.4. The highest BCUT2D eigenvalue weighted by molar-refractivity contribution is 5.68. The Balaban J connectivity index is 2.17. The van der Waals surface area contributed by atoms with Crippen molar-refractivity contribution >= 4 is 17.4 Å².